The molecule has 0 aromatic heterocycles. The topological polar surface area (TPSA) is 3.24 Å². The third-order valence-electron chi connectivity index (χ3n) is 1.72. The summed E-state index contributed by atoms with van der Waals surface area (Å²) < 4.78 is 0. The van der Waals surface area contributed by atoms with E-state index in [-0.39, 0.29) is 0 Å². The highest BCUT2D eigenvalue weighted by Crippen LogP contribution is 2.03. The summed E-state index contributed by atoms with van der Waals surface area (Å²) in [6, 6.07) is 0. The molecule has 0 N–H and O–H groups in total. The van der Waals surface area contributed by atoms with Gasteiger partial charge in [-0.1, -0.05) is 44.7 Å². The van der Waals surface area contributed by atoms with Gasteiger partial charge >= 0.3 is 0 Å². The van der Waals surface area contributed by atoms with Crippen LogP contribution in [0.4, 0.5) is 0 Å². The van der Waals surface area contributed by atoms with E-state index in [1.54, 1.807) is 0 Å². The summed E-state index contributed by atoms with van der Waals surface area (Å²) in [5.41, 5.74) is 2.04. The van der Waals surface area contributed by atoms with Crippen molar-refractivity contribution >= 4 is 0 Å². The van der Waals surface area contributed by atoms with Gasteiger partial charge in [-0.15, -0.1) is 6.58 Å². The van der Waals surface area contributed by atoms with Gasteiger partial charge in [-0.2, -0.15) is 0 Å². The number of allylic oxidation sites excluding steroid dienone is 3. The van der Waals surface area contributed by atoms with Crippen LogP contribution in [0.1, 0.15) is 27.2 Å². The molecule has 1 heteroatoms. The van der Waals surface area contributed by atoms with E-state index >= 15 is 0 Å². The van der Waals surface area contributed by atoms with E-state index in [0.29, 0.717) is 0 Å². The molecule has 0 aromatic rings. The summed E-state index contributed by atoms with van der Waals surface area (Å²) in [5.74, 6) is 0. The van der Waals surface area contributed by atoms with Crippen molar-refractivity contribution in [3.63, 3.8) is 0 Å². The molecule has 86 valence electrons. The first kappa shape index (κ1) is 16.2. The Morgan fingerprint density at radius 2 is 1.73 bits per heavy atom. The van der Waals surface area contributed by atoms with E-state index in [1.807, 2.05) is 46.0 Å². The first-order chi connectivity index (χ1) is 7.07. The second-order valence-corrected chi connectivity index (χ2v) is 3.17. The Bertz CT molecular complexity index is 223. The molecule has 0 saturated carbocycles. The number of rotatable bonds is 6. The van der Waals surface area contributed by atoms with Gasteiger partial charge in [0.05, 0.1) is 0 Å². The smallest absolute Gasteiger partial charge is 0.0290 e. The molecule has 0 heterocycles. The molecule has 0 spiro atoms. The van der Waals surface area contributed by atoms with Crippen LogP contribution in [0.15, 0.2) is 49.2 Å². The standard InChI is InChI=1S/C12H19N.C2H6/c1-6-7-10-13(5)12(4)9-8-11(2)3;1-2/h6,8-9H,1-2,4,7,10H2,3,5H3;1-2H3/b9-8-;. The Morgan fingerprint density at radius 1 is 1.20 bits per heavy atom. The molecular formula is C14H25N. The fourth-order valence-corrected chi connectivity index (χ4v) is 0.794. The van der Waals surface area contributed by atoms with Crippen molar-refractivity contribution in [3.8, 4) is 0 Å². The molecule has 0 atom stereocenters. The first-order valence-corrected chi connectivity index (χ1v) is 5.42. The third-order valence-corrected chi connectivity index (χ3v) is 1.72. The number of nitrogens with zero attached hydrogens (tertiary/aromatic N) is 1. The molecule has 0 amide bonds. The molecule has 15 heavy (non-hydrogen) atoms. The highest BCUT2D eigenvalue weighted by molar-refractivity contribution is 5.21. The average Bonchev–Trinajstić information content (AvgIpc) is 2.25. The lowest BCUT2D eigenvalue weighted by atomic mass is 10.2. The molecular weight excluding hydrogens is 182 g/mol. The van der Waals surface area contributed by atoms with E-state index in [9.17, 15) is 0 Å². The van der Waals surface area contributed by atoms with Gasteiger partial charge in [0.2, 0.25) is 0 Å². The summed E-state index contributed by atoms with van der Waals surface area (Å²) in [4.78, 5) is 2.10. The van der Waals surface area contributed by atoms with Gasteiger partial charge in [0.15, 0.2) is 0 Å². The normalized spacial score (nSPS) is 9.07. The minimum Gasteiger partial charge on any atom is -0.375 e. The minimum absolute atomic E-state index is 0.961. The lowest BCUT2D eigenvalue weighted by molar-refractivity contribution is 0.440. The van der Waals surface area contributed by atoms with E-state index in [0.717, 1.165) is 24.2 Å². The van der Waals surface area contributed by atoms with Crippen LogP contribution >= 0.6 is 0 Å². The Hall–Kier alpha value is -1.24. The maximum atomic E-state index is 3.94. The molecule has 0 radical (unpaired) electrons. The summed E-state index contributed by atoms with van der Waals surface area (Å²) in [5, 5.41) is 0. The van der Waals surface area contributed by atoms with Crippen LogP contribution in [0.3, 0.4) is 0 Å². The fourth-order valence-electron chi connectivity index (χ4n) is 0.794. The van der Waals surface area contributed by atoms with Crippen LogP contribution in [0.5, 0.6) is 0 Å². The minimum atomic E-state index is 0.961. The maximum absolute atomic E-state index is 3.94. The van der Waals surface area contributed by atoms with E-state index in [1.165, 1.54) is 0 Å². The Kier molecular flexibility index (Phi) is 11.7. The molecule has 0 unspecified atom stereocenters. The van der Waals surface area contributed by atoms with Crippen LogP contribution in [0.2, 0.25) is 0 Å². The lowest BCUT2D eigenvalue weighted by Crippen LogP contribution is -2.16. The maximum Gasteiger partial charge on any atom is 0.0290 e. The van der Waals surface area contributed by atoms with Crippen molar-refractivity contribution in [3.05, 3.63) is 49.2 Å². The predicted molar refractivity (Wildman–Crippen MR) is 71.9 cm³/mol. The van der Waals surface area contributed by atoms with Crippen molar-refractivity contribution in [1.29, 1.82) is 0 Å². The van der Waals surface area contributed by atoms with Crippen molar-refractivity contribution in [1.82, 2.24) is 4.90 Å². The van der Waals surface area contributed by atoms with Gasteiger partial charge < -0.3 is 4.90 Å². The number of likely N-dealkylation sites (N-methyl/N-ethyl adjacent to an activating group) is 1. The summed E-state index contributed by atoms with van der Waals surface area (Å²) in [6.45, 7) is 18.3. The van der Waals surface area contributed by atoms with Gasteiger partial charge in [-0.25, -0.2) is 0 Å². The highest BCUT2D eigenvalue weighted by atomic mass is 15.1. The van der Waals surface area contributed by atoms with Crippen LogP contribution in [0.25, 0.3) is 0 Å². The van der Waals surface area contributed by atoms with Crippen molar-refractivity contribution < 1.29 is 0 Å². The molecule has 0 rings (SSSR count). The molecule has 0 bridgehead atoms. The quantitative estimate of drug-likeness (QED) is 0.467. The molecule has 0 saturated heterocycles. The Morgan fingerprint density at radius 3 is 2.13 bits per heavy atom. The average molecular weight is 207 g/mol. The van der Waals surface area contributed by atoms with Crippen LogP contribution < -0.4 is 0 Å². The third kappa shape index (κ3) is 10.7. The van der Waals surface area contributed by atoms with Gasteiger partial charge in [0.25, 0.3) is 0 Å². The second-order valence-electron chi connectivity index (χ2n) is 3.17. The first-order valence-electron chi connectivity index (χ1n) is 5.42. The summed E-state index contributed by atoms with van der Waals surface area (Å²) in [6.07, 6.45) is 6.83. The molecule has 0 aromatic carbocycles. The van der Waals surface area contributed by atoms with Crippen LogP contribution in [0, 0.1) is 0 Å². The predicted octanol–water partition coefficient (Wildman–Crippen LogP) is 4.17. The van der Waals surface area contributed by atoms with Crippen LogP contribution in [-0.2, 0) is 0 Å². The Labute approximate surface area is 95.5 Å². The molecule has 0 aliphatic rings. The van der Waals surface area contributed by atoms with Gasteiger partial charge in [-0.3, -0.25) is 0 Å². The SMILES string of the molecule is C=CCCN(C)C(=C)/C=C\C(=C)C.CC. The lowest BCUT2D eigenvalue weighted by Gasteiger charge is -2.18. The monoisotopic (exact) mass is 207 g/mol. The molecule has 0 aliphatic carbocycles. The van der Waals surface area contributed by atoms with E-state index in [2.05, 4.69) is 24.6 Å². The second kappa shape index (κ2) is 10.8. The zero-order chi connectivity index (χ0) is 12.3. The number of hydrogen-bond acceptors (Lipinski definition) is 1. The Balaban J connectivity index is 0. The summed E-state index contributed by atoms with van der Waals surface area (Å²) in [7, 11) is 2.02. The van der Waals surface area contributed by atoms with E-state index in [4.69, 9.17) is 0 Å². The molecule has 0 aliphatic heterocycles. The fraction of sp³-hybridized carbons (Fsp3) is 0.429. The van der Waals surface area contributed by atoms with Crippen molar-refractivity contribution in [2.75, 3.05) is 13.6 Å². The molecule has 1 nitrogen and oxygen atoms in total. The van der Waals surface area contributed by atoms with Gasteiger partial charge in [0, 0.05) is 19.3 Å². The number of hydrogen-bond donors (Lipinski definition) is 0. The van der Waals surface area contributed by atoms with Crippen molar-refractivity contribution in [2.24, 2.45) is 0 Å². The largest absolute Gasteiger partial charge is 0.375 e. The van der Waals surface area contributed by atoms with E-state index < -0.39 is 0 Å². The van der Waals surface area contributed by atoms with Crippen molar-refractivity contribution in [2.45, 2.75) is 27.2 Å². The zero-order valence-electron chi connectivity index (χ0n) is 10.7. The summed E-state index contributed by atoms with van der Waals surface area (Å²) >= 11 is 0. The van der Waals surface area contributed by atoms with Crippen LogP contribution in [-0.4, -0.2) is 18.5 Å². The zero-order valence-corrected chi connectivity index (χ0v) is 10.7. The highest BCUT2D eigenvalue weighted by Gasteiger charge is 1.95. The van der Waals surface area contributed by atoms with Gasteiger partial charge in [-0.05, 0) is 19.4 Å². The van der Waals surface area contributed by atoms with Gasteiger partial charge in [0.1, 0.15) is 0 Å². The molecule has 0 fully saturated rings.